The summed E-state index contributed by atoms with van der Waals surface area (Å²) < 4.78 is 0. The van der Waals surface area contributed by atoms with Gasteiger partial charge in [-0.1, -0.05) is 0 Å². The van der Waals surface area contributed by atoms with E-state index in [9.17, 15) is 4.79 Å². The van der Waals surface area contributed by atoms with Crippen LogP contribution in [0.3, 0.4) is 0 Å². The molecule has 1 amide bonds. The Labute approximate surface area is 104 Å². The average molecular weight is 244 g/mol. The highest BCUT2D eigenvalue weighted by atomic mass is 32.2. The van der Waals surface area contributed by atoms with Gasteiger partial charge in [0.25, 0.3) is 5.91 Å². The number of hydrogen-bond donors (Lipinski definition) is 1. The first-order chi connectivity index (χ1) is 8.29. The first-order valence-electron chi connectivity index (χ1n) is 5.15. The summed E-state index contributed by atoms with van der Waals surface area (Å²) >= 11 is 1.65. The van der Waals surface area contributed by atoms with Crippen molar-refractivity contribution < 1.29 is 4.79 Å². The van der Waals surface area contributed by atoms with Gasteiger partial charge in [-0.25, -0.2) is 0 Å². The lowest BCUT2D eigenvalue weighted by Crippen LogP contribution is -2.11. The molecule has 2 rings (SSSR count). The number of nitrogens with one attached hydrogen (secondary N) is 1. The van der Waals surface area contributed by atoms with Crippen LogP contribution in [0.1, 0.15) is 10.4 Å². The molecular weight excluding hydrogens is 232 g/mol. The molecule has 1 aromatic heterocycles. The molecule has 0 aliphatic heterocycles. The Morgan fingerprint density at radius 1 is 1.12 bits per heavy atom. The van der Waals surface area contributed by atoms with Crippen LogP contribution in [0.4, 0.5) is 5.69 Å². The molecule has 0 atom stereocenters. The summed E-state index contributed by atoms with van der Waals surface area (Å²) in [5, 5.41) is 2.81. The number of pyridine rings is 1. The van der Waals surface area contributed by atoms with Crippen molar-refractivity contribution in [3.63, 3.8) is 0 Å². The Morgan fingerprint density at radius 2 is 1.76 bits per heavy atom. The highest BCUT2D eigenvalue weighted by Gasteiger charge is 2.05. The molecule has 0 aliphatic carbocycles. The van der Waals surface area contributed by atoms with Crippen LogP contribution in [0, 0.1) is 0 Å². The van der Waals surface area contributed by atoms with Gasteiger partial charge in [0.2, 0.25) is 0 Å². The van der Waals surface area contributed by atoms with Crippen LogP contribution in [0.15, 0.2) is 53.7 Å². The monoisotopic (exact) mass is 244 g/mol. The number of anilines is 1. The largest absolute Gasteiger partial charge is 0.322 e. The molecule has 0 radical (unpaired) electrons. The highest BCUT2D eigenvalue weighted by molar-refractivity contribution is 7.98. The van der Waals surface area contributed by atoms with E-state index in [-0.39, 0.29) is 5.91 Å². The lowest BCUT2D eigenvalue weighted by atomic mass is 10.2. The van der Waals surface area contributed by atoms with Crippen molar-refractivity contribution in [1.29, 1.82) is 0 Å². The minimum absolute atomic E-state index is 0.108. The molecule has 17 heavy (non-hydrogen) atoms. The average Bonchev–Trinajstić information content (AvgIpc) is 2.40. The first kappa shape index (κ1) is 11.7. The Bertz CT molecular complexity index is 497. The Morgan fingerprint density at radius 3 is 2.35 bits per heavy atom. The summed E-state index contributed by atoms with van der Waals surface area (Å²) in [4.78, 5) is 16.9. The van der Waals surface area contributed by atoms with E-state index in [4.69, 9.17) is 0 Å². The quantitative estimate of drug-likeness (QED) is 0.844. The third kappa shape index (κ3) is 3.07. The van der Waals surface area contributed by atoms with E-state index in [0.29, 0.717) is 5.56 Å². The third-order valence-electron chi connectivity index (χ3n) is 2.29. The number of amides is 1. The summed E-state index contributed by atoms with van der Waals surface area (Å²) in [5.74, 6) is -0.108. The fraction of sp³-hybridized carbons (Fsp3) is 0.0769. The van der Waals surface area contributed by atoms with Crippen molar-refractivity contribution in [2.75, 3.05) is 11.6 Å². The van der Waals surface area contributed by atoms with Crippen LogP contribution >= 0.6 is 11.8 Å². The molecule has 0 fully saturated rings. The summed E-state index contributed by atoms with van der Waals surface area (Å²) in [5.41, 5.74) is 1.40. The van der Waals surface area contributed by atoms with Crippen molar-refractivity contribution >= 4 is 23.4 Å². The second kappa shape index (κ2) is 5.50. The zero-order chi connectivity index (χ0) is 12.1. The van der Waals surface area contributed by atoms with Gasteiger partial charge in [0.15, 0.2) is 0 Å². The third-order valence-corrected chi connectivity index (χ3v) is 3.03. The van der Waals surface area contributed by atoms with Gasteiger partial charge in [0.05, 0.1) is 0 Å². The fourth-order valence-electron chi connectivity index (χ4n) is 1.38. The van der Waals surface area contributed by atoms with Gasteiger partial charge in [-0.2, -0.15) is 0 Å². The van der Waals surface area contributed by atoms with E-state index in [0.717, 1.165) is 10.6 Å². The molecule has 1 N–H and O–H groups in total. The molecule has 1 aromatic carbocycles. The summed E-state index contributed by atoms with van der Waals surface area (Å²) in [6, 6.07) is 11.0. The maximum absolute atomic E-state index is 11.9. The predicted octanol–water partition coefficient (Wildman–Crippen LogP) is 3.06. The van der Waals surface area contributed by atoms with Crippen LogP contribution in [-0.4, -0.2) is 17.1 Å². The standard InChI is InChI=1S/C13H12N2OS/c1-17-12-4-2-10(3-5-12)13(16)15-11-6-8-14-9-7-11/h2-9H,1H3,(H,14,15,16). The summed E-state index contributed by atoms with van der Waals surface area (Å²) in [6.45, 7) is 0. The van der Waals surface area contributed by atoms with E-state index in [1.807, 2.05) is 30.5 Å². The SMILES string of the molecule is CSc1ccc(C(=O)Nc2ccncc2)cc1. The number of rotatable bonds is 3. The number of carbonyl (C=O) groups excluding carboxylic acids is 1. The number of benzene rings is 1. The van der Waals surface area contributed by atoms with E-state index in [1.54, 1.807) is 36.3 Å². The zero-order valence-corrected chi connectivity index (χ0v) is 10.2. The van der Waals surface area contributed by atoms with Gasteiger partial charge in [0.1, 0.15) is 0 Å². The molecule has 0 saturated carbocycles. The van der Waals surface area contributed by atoms with Gasteiger partial charge in [-0.05, 0) is 42.7 Å². The van der Waals surface area contributed by atoms with E-state index in [2.05, 4.69) is 10.3 Å². The molecule has 0 unspecified atom stereocenters. The Kier molecular flexibility index (Phi) is 3.77. The van der Waals surface area contributed by atoms with Crippen molar-refractivity contribution in [1.82, 2.24) is 4.98 Å². The fourth-order valence-corrected chi connectivity index (χ4v) is 1.79. The highest BCUT2D eigenvalue weighted by Crippen LogP contribution is 2.15. The lowest BCUT2D eigenvalue weighted by molar-refractivity contribution is 0.102. The topological polar surface area (TPSA) is 42.0 Å². The molecule has 0 saturated heterocycles. The van der Waals surface area contributed by atoms with Gasteiger partial charge < -0.3 is 5.32 Å². The minimum atomic E-state index is -0.108. The van der Waals surface area contributed by atoms with Crippen LogP contribution in [0.5, 0.6) is 0 Å². The van der Waals surface area contributed by atoms with Gasteiger partial charge in [-0.3, -0.25) is 9.78 Å². The van der Waals surface area contributed by atoms with Gasteiger partial charge in [-0.15, -0.1) is 11.8 Å². The smallest absolute Gasteiger partial charge is 0.255 e. The minimum Gasteiger partial charge on any atom is -0.322 e. The van der Waals surface area contributed by atoms with Crippen molar-refractivity contribution in [3.05, 3.63) is 54.4 Å². The van der Waals surface area contributed by atoms with Crippen LogP contribution in [0.25, 0.3) is 0 Å². The maximum Gasteiger partial charge on any atom is 0.255 e. The van der Waals surface area contributed by atoms with Crippen molar-refractivity contribution in [3.8, 4) is 0 Å². The van der Waals surface area contributed by atoms with E-state index in [1.165, 1.54) is 0 Å². The summed E-state index contributed by atoms with van der Waals surface area (Å²) in [7, 11) is 0. The van der Waals surface area contributed by atoms with Gasteiger partial charge in [0, 0.05) is 28.5 Å². The second-order valence-corrected chi connectivity index (χ2v) is 4.30. The van der Waals surface area contributed by atoms with Gasteiger partial charge >= 0.3 is 0 Å². The van der Waals surface area contributed by atoms with E-state index < -0.39 is 0 Å². The molecule has 3 nitrogen and oxygen atoms in total. The number of nitrogens with zero attached hydrogens (tertiary/aromatic N) is 1. The molecular formula is C13H12N2OS. The first-order valence-corrected chi connectivity index (χ1v) is 6.37. The van der Waals surface area contributed by atoms with Crippen LogP contribution < -0.4 is 5.32 Å². The van der Waals surface area contributed by atoms with E-state index >= 15 is 0 Å². The molecule has 86 valence electrons. The zero-order valence-electron chi connectivity index (χ0n) is 9.38. The predicted molar refractivity (Wildman–Crippen MR) is 70.4 cm³/mol. The molecule has 1 heterocycles. The molecule has 4 heteroatoms. The summed E-state index contributed by atoms with van der Waals surface area (Å²) in [6.07, 6.45) is 5.30. The maximum atomic E-state index is 11.9. The number of aromatic nitrogens is 1. The Hall–Kier alpha value is -1.81. The molecule has 0 bridgehead atoms. The van der Waals surface area contributed by atoms with Crippen molar-refractivity contribution in [2.45, 2.75) is 4.90 Å². The van der Waals surface area contributed by atoms with Crippen LogP contribution in [0.2, 0.25) is 0 Å². The normalized spacial score (nSPS) is 9.94. The second-order valence-electron chi connectivity index (χ2n) is 3.42. The number of carbonyl (C=O) groups is 1. The molecule has 0 spiro atoms. The lowest BCUT2D eigenvalue weighted by Gasteiger charge is -2.05. The molecule has 2 aromatic rings. The number of hydrogen-bond acceptors (Lipinski definition) is 3. The van der Waals surface area contributed by atoms with Crippen molar-refractivity contribution in [2.24, 2.45) is 0 Å². The Balaban J connectivity index is 2.09. The van der Waals surface area contributed by atoms with Crippen LogP contribution in [-0.2, 0) is 0 Å². The number of thioether (sulfide) groups is 1. The molecule has 0 aliphatic rings.